The lowest BCUT2D eigenvalue weighted by atomic mass is 10.1. The zero-order valence-electron chi connectivity index (χ0n) is 12.9. The van der Waals surface area contributed by atoms with Gasteiger partial charge < -0.3 is 15.4 Å². The van der Waals surface area contributed by atoms with Gasteiger partial charge in [0, 0.05) is 12.3 Å². The first kappa shape index (κ1) is 15.1. The molecule has 2 N–H and O–H groups in total. The number of carbonyl (C=O) groups excluding carboxylic acids is 1. The molecule has 4 nitrogen and oxygen atoms in total. The molecule has 1 saturated carbocycles. The molecular weight excluding hydrogens is 276 g/mol. The molecule has 118 valence electrons. The lowest BCUT2D eigenvalue weighted by molar-refractivity contribution is 0.0829. The molecule has 0 aromatic heterocycles. The van der Waals surface area contributed by atoms with Crippen LogP contribution in [0, 0.1) is 5.92 Å². The first-order valence-corrected chi connectivity index (χ1v) is 8.16. The SMILES string of the molecule is C=CCCc1ccccc1NC(=O)N[C@H]1CCO[C@@H]1C1CC1. The number of anilines is 1. The van der Waals surface area contributed by atoms with Crippen molar-refractivity contribution in [2.45, 2.75) is 44.2 Å². The fraction of sp³-hybridized carbons (Fsp3) is 0.500. The van der Waals surface area contributed by atoms with Crippen LogP contribution in [-0.2, 0) is 11.2 Å². The summed E-state index contributed by atoms with van der Waals surface area (Å²) < 4.78 is 5.76. The van der Waals surface area contributed by atoms with Crippen LogP contribution in [0.2, 0.25) is 0 Å². The number of carbonyl (C=O) groups is 1. The molecule has 1 aromatic rings. The van der Waals surface area contributed by atoms with E-state index in [-0.39, 0.29) is 18.2 Å². The van der Waals surface area contributed by atoms with Crippen molar-refractivity contribution in [1.29, 1.82) is 0 Å². The Hall–Kier alpha value is -1.81. The smallest absolute Gasteiger partial charge is 0.319 e. The highest BCUT2D eigenvalue weighted by molar-refractivity contribution is 5.90. The normalized spacial score (nSPS) is 24.0. The maximum atomic E-state index is 12.3. The number of hydrogen-bond acceptors (Lipinski definition) is 2. The molecule has 0 unspecified atom stereocenters. The number of hydrogen-bond donors (Lipinski definition) is 2. The molecule has 1 heterocycles. The number of urea groups is 1. The largest absolute Gasteiger partial charge is 0.376 e. The molecule has 2 fully saturated rings. The number of allylic oxidation sites excluding steroid dienone is 1. The van der Waals surface area contributed by atoms with E-state index in [1.165, 1.54) is 12.8 Å². The van der Waals surface area contributed by atoms with Crippen LogP contribution in [0.1, 0.15) is 31.2 Å². The average Bonchev–Trinajstić information content (AvgIpc) is 3.26. The van der Waals surface area contributed by atoms with Crippen LogP contribution in [-0.4, -0.2) is 24.8 Å². The number of aryl methyl sites for hydroxylation is 1. The van der Waals surface area contributed by atoms with Gasteiger partial charge in [-0.05, 0) is 49.7 Å². The Morgan fingerprint density at radius 2 is 2.14 bits per heavy atom. The van der Waals surface area contributed by atoms with Crippen LogP contribution >= 0.6 is 0 Å². The minimum Gasteiger partial charge on any atom is -0.376 e. The van der Waals surface area contributed by atoms with Crippen molar-refractivity contribution in [2.24, 2.45) is 5.92 Å². The second-order valence-corrected chi connectivity index (χ2v) is 6.15. The molecule has 2 atom stereocenters. The standard InChI is InChI=1S/C18H24N2O2/c1-2-3-6-13-7-4-5-8-15(13)19-18(21)20-16-11-12-22-17(16)14-9-10-14/h2,4-5,7-8,14,16-17H,1,3,6,9-12H2,(H2,19,20,21)/t16-,17+/m0/s1. The van der Waals surface area contributed by atoms with Gasteiger partial charge in [0.1, 0.15) is 0 Å². The number of nitrogens with one attached hydrogen (secondary N) is 2. The first-order chi connectivity index (χ1) is 10.8. The van der Waals surface area contributed by atoms with Gasteiger partial charge in [-0.15, -0.1) is 6.58 Å². The highest BCUT2D eigenvalue weighted by atomic mass is 16.5. The second-order valence-electron chi connectivity index (χ2n) is 6.15. The van der Waals surface area contributed by atoms with E-state index in [0.717, 1.165) is 37.1 Å². The van der Waals surface area contributed by atoms with E-state index in [1.807, 2.05) is 30.3 Å². The van der Waals surface area contributed by atoms with Crippen LogP contribution in [0.5, 0.6) is 0 Å². The molecule has 1 aliphatic carbocycles. The van der Waals surface area contributed by atoms with Crippen LogP contribution in [0.4, 0.5) is 10.5 Å². The summed E-state index contributed by atoms with van der Waals surface area (Å²) in [5, 5.41) is 6.07. The molecule has 2 amide bonds. The Morgan fingerprint density at radius 1 is 1.32 bits per heavy atom. The van der Waals surface area contributed by atoms with E-state index in [4.69, 9.17) is 4.74 Å². The molecule has 2 aliphatic rings. The van der Waals surface area contributed by atoms with Crippen LogP contribution in [0.3, 0.4) is 0 Å². The van der Waals surface area contributed by atoms with Crippen LogP contribution < -0.4 is 10.6 Å². The van der Waals surface area contributed by atoms with Crippen LogP contribution in [0.25, 0.3) is 0 Å². The Balaban J connectivity index is 1.58. The van der Waals surface area contributed by atoms with Gasteiger partial charge in [-0.2, -0.15) is 0 Å². The highest BCUT2D eigenvalue weighted by Gasteiger charge is 2.41. The van der Waals surface area contributed by atoms with Crippen molar-refractivity contribution < 1.29 is 9.53 Å². The molecule has 0 bridgehead atoms. The average molecular weight is 300 g/mol. The number of rotatable bonds is 6. The summed E-state index contributed by atoms with van der Waals surface area (Å²) in [6.45, 7) is 4.50. The van der Waals surface area contributed by atoms with Crippen molar-refractivity contribution in [3.05, 3.63) is 42.5 Å². The summed E-state index contributed by atoms with van der Waals surface area (Å²) in [7, 11) is 0. The number of para-hydroxylation sites is 1. The third kappa shape index (κ3) is 3.69. The summed E-state index contributed by atoms with van der Waals surface area (Å²) in [5.41, 5.74) is 2.02. The second kappa shape index (κ2) is 6.97. The summed E-state index contributed by atoms with van der Waals surface area (Å²) in [6.07, 6.45) is 7.27. The van der Waals surface area contributed by atoms with E-state index in [9.17, 15) is 4.79 Å². The monoisotopic (exact) mass is 300 g/mol. The summed E-state index contributed by atoms with van der Waals surface area (Å²) in [4.78, 5) is 12.3. The predicted molar refractivity (Wildman–Crippen MR) is 88.0 cm³/mol. The zero-order valence-corrected chi connectivity index (χ0v) is 12.9. The summed E-state index contributed by atoms with van der Waals surface area (Å²) in [6, 6.07) is 7.94. The summed E-state index contributed by atoms with van der Waals surface area (Å²) >= 11 is 0. The lowest BCUT2D eigenvalue weighted by Gasteiger charge is -2.20. The first-order valence-electron chi connectivity index (χ1n) is 8.16. The van der Waals surface area contributed by atoms with Gasteiger partial charge in [0.05, 0.1) is 12.1 Å². The van der Waals surface area contributed by atoms with Gasteiger partial charge in [-0.25, -0.2) is 4.79 Å². The van der Waals surface area contributed by atoms with Crippen molar-refractivity contribution in [3.8, 4) is 0 Å². The molecule has 1 saturated heterocycles. The molecule has 0 radical (unpaired) electrons. The quantitative estimate of drug-likeness (QED) is 0.790. The van der Waals surface area contributed by atoms with Gasteiger partial charge >= 0.3 is 6.03 Å². The topological polar surface area (TPSA) is 50.4 Å². The van der Waals surface area contributed by atoms with E-state index < -0.39 is 0 Å². The minimum atomic E-state index is -0.132. The minimum absolute atomic E-state index is 0.132. The maximum Gasteiger partial charge on any atom is 0.319 e. The van der Waals surface area contributed by atoms with Gasteiger partial charge in [-0.3, -0.25) is 0 Å². The zero-order chi connectivity index (χ0) is 15.4. The molecule has 3 rings (SSSR count). The Kier molecular flexibility index (Phi) is 4.78. The van der Waals surface area contributed by atoms with E-state index in [1.54, 1.807) is 0 Å². The van der Waals surface area contributed by atoms with Gasteiger partial charge in [0.15, 0.2) is 0 Å². The van der Waals surface area contributed by atoms with Crippen LogP contribution in [0.15, 0.2) is 36.9 Å². The fourth-order valence-electron chi connectivity index (χ4n) is 3.10. The third-order valence-electron chi connectivity index (χ3n) is 4.42. The van der Waals surface area contributed by atoms with E-state index in [0.29, 0.717) is 5.92 Å². The molecule has 4 heteroatoms. The Bertz CT molecular complexity index is 540. The number of ether oxygens (including phenoxy) is 1. The molecule has 1 aliphatic heterocycles. The van der Waals surface area contributed by atoms with Gasteiger partial charge in [0.2, 0.25) is 0 Å². The van der Waals surface area contributed by atoms with Gasteiger partial charge in [0.25, 0.3) is 0 Å². The van der Waals surface area contributed by atoms with Crippen molar-refractivity contribution in [2.75, 3.05) is 11.9 Å². The Labute approximate surface area is 131 Å². The van der Waals surface area contributed by atoms with Crippen molar-refractivity contribution >= 4 is 11.7 Å². The van der Waals surface area contributed by atoms with E-state index in [2.05, 4.69) is 17.2 Å². The van der Waals surface area contributed by atoms with Crippen molar-refractivity contribution in [3.63, 3.8) is 0 Å². The highest BCUT2D eigenvalue weighted by Crippen LogP contribution is 2.38. The maximum absolute atomic E-state index is 12.3. The summed E-state index contributed by atoms with van der Waals surface area (Å²) in [5.74, 6) is 0.646. The van der Waals surface area contributed by atoms with Crippen molar-refractivity contribution in [1.82, 2.24) is 5.32 Å². The lowest BCUT2D eigenvalue weighted by Crippen LogP contribution is -2.43. The Morgan fingerprint density at radius 3 is 2.91 bits per heavy atom. The molecular formula is C18H24N2O2. The van der Waals surface area contributed by atoms with Gasteiger partial charge in [-0.1, -0.05) is 24.3 Å². The van der Waals surface area contributed by atoms with E-state index >= 15 is 0 Å². The molecule has 1 aromatic carbocycles. The number of amides is 2. The predicted octanol–water partition coefficient (Wildman–Crippen LogP) is 3.49. The molecule has 0 spiro atoms. The third-order valence-corrected chi connectivity index (χ3v) is 4.42. The fourth-order valence-corrected chi connectivity index (χ4v) is 3.10. The number of benzene rings is 1. The molecule has 22 heavy (non-hydrogen) atoms.